The molecule has 0 fully saturated rings. The Balaban J connectivity index is 1.98. The first-order chi connectivity index (χ1) is 14.2. The largest absolute Gasteiger partial charge is 0.366 e. The van der Waals surface area contributed by atoms with Crippen molar-refractivity contribution in [3.8, 4) is 5.69 Å². The molecule has 9 heteroatoms. The van der Waals surface area contributed by atoms with Crippen molar-refractivity contribution in [2.24, 2.45) is 18.7 Å². The van der Waals surface area contributed by atoms with E-state index in [1.54, 1.807) is 35.7 Å². The van der Waals surface area contributed by atoms with E-state index in [1.807, 2.05) is 17.7 Å². The summed E-state index contributed by atoms with van der Waals surface area (Å²) in [5.74, 6) is 0.386. The number of hydrogen-bond donors (Lipinski definition) is 1. The van der Waals surface area contributed by atoms with Gasteiger partial charge in [-0.3, -0.25) is 27.7 Å². The molecule has 0 aliphatic heterocycles. The van der Waals surface area contributed by atoms with Gasteiger partial charge in [-0.2, -0.15) is 4.98 Å². The van der Waals surface area contributed by atoms with Crippen LogP contribution in [-0.2, 0) is 13.6 Å². The van der Waals surface area contributed by atoms with E-state index in [0.29, 0.717) is 35.0 Å². The minimum absolute atomic E-state index is 0.336. The van der Waals surface area contributed by atoms with Crippen molar-refractivity contribution in [1.29, 1.82) is 0 Å². The third kappa shape index (κ3) is 2.94. The van der Waals surface area contributed by atoms with Crippen LogP contribution in [0.2, 0.25) is 0 Å². The molecule has 0 spiro atoms. The van der Waals surface area contributed by atoms with Gasteiger partial charge < -0.3 is 5.73 Å². The standard InChI is InChI=1S/C21H24N6O3/c1-12(2)9-10-25-19(29)16-18(24(4)21(25)30)23-20-26(16)11-13(3)27(20)15-7-5-14(6-8-15)17(22)28/h5-8,11-12H,9-10H2,1-4H3,(H2,22,28). The van der Waals surface area contributed by atoms with Crippen LogP contribution in [0.4, 0.5) is 0 Å². The van der Waals surface area contributed by atoms with Crippen LogP contribution in [0.25, 0.3) is 22.6 Å². The molecule has 0 bridgehead atoms. The lowest BCUT2D eigenvalue weighted by molar-refractivity contribution is 0.100. The number of nitrogens with zero attached hydrogens (tertiary/aromatic N) is 5. The third-order valence-corrected chi connectivity index (χ3v) is 5.37. The van der Waals surface area contributed by atoms with Gasteiger partial charge in [0.2, 0.25) is 11.7 Å². The molecular weight excluding hydrogens is 384 g/mol. The fourth-order valence-electron chi connectivity index (χ4n) is 3.69. The predicted molar refractivity (Wildman–Crippen MR) is 114 cm³/mol. The van der Waals surface area contributed by atoms with E-state index in [-0.39, 0.29) is 11.2 Å². The number of imidazole rings is 2. The second-order valence-corrected chi connectivity index (χ2v) is 7.95. The summed E-state index contributed by atoms with van der Waals surface area (Å²) >= 11 is 0. The van der Waals surface area contributed by atoms with Crippen LogP contribution in [0.15, 0.2) is 40.1 Å². The molecule has 0 saturated carbocycles. The summed E-state index contributed by atoms with van der Waals surface area (Å²) in [7, 11) is 1.63. The molecule has 0 aliphatic rings. The maximum absolute atomic E-state index is 13.2. The lowest BCUT2D eigenvalue weighted by Gasteiger charge is -2.09. The first-order valence-corrected chi connectivity index (χ1v) is 9.81. The quantitative estimate of drug-likeness (QED) is 0.541. The Morgan fingerprint density at radius 2 is 1.83 bits per heavy atom. The minimum atomic E-state index is -0.501. The first kappa shape index (κ1) is 19.7. The van der Waals surface area contributed by atoms with Crippen LogP contribution in [0.1, 0.15) is 36.3 Å². The van der Waals surface area contributed by atoms with Crippen molar-refractivity contribution in [3.63, 3.8) is 0 Å². The number of rotatable bonds is 5. The summed E-state index contributed by atoms with van der Waals surface area (Å²) in [6, 6.07) is 6.83. The highest BCUT2D eigenvalue weighted by atomic mass is 16.2. The van der Waals surface area contributed by atoms with Gasteiger partial charge in [-0.05, 0) is 43.5 Å². The van der Waals surface area contributed by atoms with Crippen molar-refractivity contribution in [3.05, 3.63) is 62.6 Å². The van der Waals surface area contributed by atoms with Gasteiger partial charge in [-0.1, -0.05) is 13.8 Å². The molecule has 0 radical (unpaired) electrons. The van der Waals surface area contributed by atoms with E-state index in [4.69, 9.17) is 5.73 Å². The monoisotopic (exact) mass is 408 g/mol. The molecule has 0 aliphatic carbocycles. The first-order valence-electron chi connectivity index (χ1n) is 9.81. The zero-order valence-electron chi connectivity index (χ0n) is 17.4. The summed E-state index contributed by atoms with van der Waals surface area (Å²) in [6.45, 7) is 6.37. The second kappa shape index (κ2) is 7.01. The van der Waals surface area contributed by atoms with Crippen LogP contribution in [0, 0.1) is 12.8 Å². The molecule has 0 saturated heterocycles. The Morgan fingerprint density at radius 1 is 1.17 bits per heavy atom. The van der Waals surface area contributed by atoms with E-state index in [9.17, 15) is 14.4 Å². The van der Waals surface area contributed by atoms with Crippen molar-refractivity contribution in [2.75, 3.05) is 0 Å². The van der Waals surface area contributed by atoms with E-state index in [2.05, 4.69) is 18.8 Å². The van der Waals surface area contributed by atoms with Gasteiger partial charge in [-0.25, -0.2) is 4.79 Å². The normalized spacial score (nSPS) is 11.8. The maximum Gasteiger partial charge on any atom is 0.332 e. The Labute approximate surface area is 172 Å². The molecule has 4 aromatic rings. The maximum atomic E-state index is 13.2. The summed E-state index contributed by atoms with van der Waals surface area (Å²) in [6.07, 6.45) is 2.56. The topological polar surface area (TPSA) is 109 Å². The van der Waals surface area contributed by atoms with Crippen LogP contribution >= 0.6 is 0 Å². The molecular formula is C21H24N6O3. The number of benzene rings is 1. The molecule has 0 unspecified atom stereocenters. The van der Waals surface area contributed by atoms with Gasteiger partial charge in [0, 0.05) is 36.7 Å². The van der Waals surface area contributed by atoms with Crippen LogP contribution < -0.4 is 17.0 Å². The Bertz CT molecular complexity index is 1400. The molecule has 2 N–H and O–H groups in total. The smallest absolute Gasteiger partial charge is 0.332 e. The Kier molecular flexibility index (Phi) is 4.60. The Hall–Kier alpha value is -3.62. The minimum Gasteiger partial charge on any atom is -0.366 e. The summed E-state index contributed by atoms with van der Waals surface area (Å²) in [5.41, 5.74) is 7.35. The molecule has 3 aromatic heterocycles. The van der Waals surface area contributed by atoms with Gasteiger partial charge in [0.05, 0.1) is 0 Å². The predicted octanol–water partition coefficient (Wildman–Crippen LogP) is 1.59. The lowest BCUT2D eigenvalue weighted by atomic mass is 10.1. The van der Waals surface area contributed by atoms with Gasteiger partial charge in [0.15, 0.2) is 11.2 Å². The number of aromatic nitrogens is 5. The van der Waals surface area contributed by atoms with Gasteiger partial charge in [0.25, 0.3) is 5.56 Å². The number of aryl methyl sites for hydroxylation is 2. The summed E-state index contributed by atoms with van der Waals surface area (Å²) in [5, 5.41) is 0. The number of amides is 1. The molecule has 156 valence electrons. The highest BCUT2D eigenvalue weighted by Crippen LogP contribution is 2.21. The second-order valence-electron chi connectivity index (χ2n) is 7.95. The molecule has 1 amide bonds. The van der Waals surface area contributed by atoms with Crippen LogP contribution in [0.5, 0.6) is 0 Å². The van der Waals surface area contributed by atoms with E-state index in [0.717, 1.165) is 17.8 Å². The summed E-state index contributed by atoms with van der Waals surface area (Å²) in [4.78, 5) is 41.9. The average Bonchev–Trinajstić information content (AvgIpc) is 3.20. The molecule has 1 aromatic carbocycles. The van der Waals surface area contributed by atoms with E-state index < -0.39 is 5.91 Å². The zero-order valence-corrected chi connectivity index (χ0v) is 17.4. The van der Waals surface area contributed by atoms with Crippen molar-refractivity contribution in [2.45, 2.75) is 33.7 Å². The SMILES string of the molecule is Cc1cn2c3c(=O)n(CCC(C)C)c(=O)n(C)c3nc2n1-c1ccc(C(N)=O)cc1. The van der Waals surface area contributed by atoms with Crippen LogP contribution in [-0.4, -0.2) is 29.0 Å². The molecule has 30 heavy (non-hydrogen) atoms. The molecule has 3 heterocycles. The van der Waals surface area contributed by atoms with Gasteiger partial charge in [-0.15, -0.1) is 0 Å². The summed E-state index contributed by atoms with van der Waals surface area (Å²) < 4.78 is 6.29. The number of carbonyl (C=O) groups excluding carboxylic acids is 1. The number of carbonyl (C=O) groups is 1. The lowest BCUT2D eigenvalue weighted by Crippen LogP contribution is -2.39. The average molecular weight is 408 g/mol. The molecule has 0 atom stereocenters. The number of hydrogen-bond acceptors (Lipinski definition) is 4. The fraction of sp³-hybridized carbons (Fsp3) is 0.333. The number of primary amides is 1. The Morgan fingerprint density at radius 3 is 2.43 bits per heavy atom. The van der Waals surface area contributed by atoms with E-state index in [1.165, 1.54) is 9.13 Å². The van der Waals surface area contributed by atoms with Gasteiger partial charge in [0.1, 0.15) is 0 Å². The van der Waals surface area contributed by atoms with E-state index >= 15 is 0 Å². The fourth-order valence-corrected chi connectivity index (χ4v) is 3.69. The third-order valence-electron chi connectivity index (χ3n) is 5.37. The number of fused-ring (bicyclic) bond motifs is 3. The van der Waals surface area contributed by atoms with Crippen molar-refractivity contribution >= 4 is 22.8 Å². The van der Waals surface area contributed by atoms with Crippen molar-refractivity contribution < 1.29 is 4.79 Å². The highest BCUT2D eigenvalue weighted by molar-refractivity contribution is 5.93. The number of nitrogens with two attached hydrogens (primary N) is 1. The molecule has 4 rings (SSSR count). The van der Waals surface area contributed by atoms with Crippen LogP contribution in [0.3, 0.4) is 0 Å². The molecule has 9 nitrogen and oxygen atoms in total. The van der Waals surface area contributed by atoms with Gasteiger partial charge >= 0.3 is 5.69 Å². The van der Waals surface area contributed by atoms with Crippen molar-refractivity contribution in [1.82, 2.24) is 23.1 Å². The zero-order chi connectivity index (χ0) is 21.7. The highest BCUT2D eigenvalue weighted by Gasteiger charge is 2.20.